The van der Waals surface area contributed by atoms with E-state index in [1.165, 1.54) is 12.0 Å². The first-order valence-corrected chi connectivity index (χ1v) is 11.8. The molecule has 35 heavy (non-hydrogen) atoms. The molecule has 4 rings (SSSR count). The summed E-state index contributed by atoms with van der Waals surface area (Å²) in [5.41, 5.74) is 1.24. The fourth-order valence-corrected chi connectivity index (χ4v) is 4.91. The van der Waals surface area contributed by atoms with E-state index in [-0.39, 0.29) is 49.8 Å². The van der Waals surface area contributed by atoms with Gasteiger partial charge in [0.1, 0.15) is 13.2 Å². The first kappa shape index (κ1) is 24.7. The third-order valence-electron chi connectivity index (χ3n) is 7.06. The van der Waals surface area contributed by atoms with Crippen molar-refractivity contribution in [2.75, 3.05) is 40.5 Å². The number of carbonyl (C=O) groups is 3. The average molecular weight is 481 g/mol. The fourth-order valence-electron chi connectivity index (χ4n) is 4.91. The van der Waals surface area contributed by atoms with Crippen LogP contribution in [0, 0.1) is 6.92 Å². The van der Waals surface area contributed by atoms with Crippen molar-refractivity contribution in [2.24, 2.45) is 0 Å². The zero-order valence-electron chi connectivity index (χ0n) is 20.7. The lowest BCUT2D eigenvalue weighted by Crippen LogP contribution is -2.44. The molecular weight excluding hydrogens is 448 g/mol. The van der Waals surface area contributed by atoms with E-state index in [1.807, 2.05) is 56.3 Å². The van der Waals surface area contributed by atoms with Crippen LogP contribution < -0.4 is 9.47 Å². The largest absolute Gasteiger partial charge is 0.486 e. The van der Waals surface area contributed by atoms with Gasteiger partial charge in [0, 0.05) is 27.0 Å². The number of hydrogen-bond donors (Lipinski definition) is 0. The van der Waals surface area contributed by atoms with Crippen molar-refractivity contribution in [1.29, 1.82) is 0 Å². The first-order valence-electron chi connectivity index (χ1n) is 11.8. The molecule has 2 heterocycles. The van der Waals surface area contributed by atoms with Gasteiger partial charge in [-0.05, 0) is 42.7 Å². The zero-order chi connectivity index (χ0) is 25.2. The van der Waals surface area contributed by atoms with Gasteiger partial charge in [-0.2, -0.15) is 0 Å². The summed E-state index contributed by atoms with van der Waals surface area (Å²) < 4.78 is 16.4. The number of aryl methyl sites for hydroxylation is 1. The molecule has 0 N–H and O–H groups in total. The van der Waals surface area contributed by atoms with Crippen LogP contribution in [0.4, 0.5) is 0 Å². The molecule has 2 aromatic rings. The van der Waals surface area contributed by atoms with Crippen molar-refractivity contribution in [3.05, 3.63) is 59.2 Å². The standard InChI is InChI=1S/C27H32N2O6/c1-18-7-5-6-8-21(18)27(17-25(31)29(26(27)32)11-12-33-4)16-24(30)28(3)19(2)20-9-10-22-23(15-20)35-14-13-34-22/h5-10,15,19H,11-14,16-17H2,1-4H3. The molecule has 8 heteroatoms. The van der Waals surface area contributed by atoms with Gasteiger partial charge in [-0.3, -0.25) is 19.3 Å². The van der Waals surface area contributed by atoms with Crippen molar-refractivity contribution in [3.8, 4) is 11.5 Å². The van der Waals surface area contributed by atoms with Gasteiger partial charge in [-0.15, -0.1) is 0 Å². The van der Waals surface area contributed by atoms with E-state index in [1.54, 1.807) is 11.9 Å². The number of carbonyl (C=O) groups excluding carboxylic acids is 3. The van der Waals surface area contributed by atoms with E-state index < -0.39 is 5.41 Å². The third kappa shape index (κ3) is 4.62. The number of benzene rings is 2. The molecule has 0 aromatic heterocycles. The third-order valence-corrected chi connectivity index (χ3v) is 7.06. The van der Waals surface area contributed by atoms with Gasteiger partial charge < -0.3 is 19.1 Å². The maximum atomic E-state index is 13.7. The highest BCUT2D eigenvalue weighted by Crippen LogP contribution is 2.42. The molecule has 2 aromatic carbocycles. The number of nitrogens with zero attached hydrogens (tertiary/aromatic N) is 2. The van der Waals surface area contributed by atoms with Crippen molar-refractivity contribution in [3.63, 3.8) is 0 Å². The molecule has 0 spiro atoms. The molecule has 1 saturated heterocycles. The minimum Gasteiger partial charge on any atom is -0.486 e. The predicted octanol–water partition coefficient (Wildman–Crippen LogP) is 3.02. The van der Waals surface area contributed by atoms with Gasteiger partial charge in [0.25, 0.3) is 0 Å². The summed E-state index contributed by atoms with van der Waals surface area (Å²) in [6.45, 7) is 5.23. The molecule has 2 aliphatic heterocycles. The van der Waals surface area contributed by atoms with Crippen LogP contribution in [-0.4, -0.2) is 68.0 Å². The topological polar surface area (TPSA) is 85.4 Å². The summed E-state index contributed by atoms with van der Waals surface area (Å²) in [6.07, 6.45) is -0.143. The number of hydrogen-bond acceptors (Lipinski definition) is 6. The number of imide groups is 1. The van der Waals surface area contributed by atoms with Crippen LogP contribution >= 0.6 is 0 Å². The molecule has 0 aliphatic carbocycles. The number of fused-ring (bicyclic) bond motifs is 1. The van der Waals surface area contributed by atoms with Crippen molar-refractivity contribution in [1.82, 2.24) is 9.80 Å². The Morgan fingerprint density at radius 1 is 1.14 bits per heavy atom. The second kappa shape index (κ2) is 10.1. The van der Waals surface area contributed by atoms with Gasteiger partial charge in [-0.1, -0.05) is 30.3 Å². The molecule has 2 aliphatic rings. The van der Waals surface area contributed by atoms with Crippen LogP contribution in [-0.2, 0) is 24.5 Å². The van der Waals surface area contributed by atoms with Gasteiger partial charge in [0.2, 0.25) is 17.7 Å². The van der Waals surface area contributed by atoms with Gasteiger partial charge in [0.15, 0.2) is 11.5 Å². The molecule has 2 unspecified atom stereocenters. The molecule has 0 saturated carbocycles. The second-order valence-corrected chi connectivity index (χ2v) is 9.18. The SMILES string of the molecule is COCCN1C(=O)CC(CC(=O)N(C)C(C)c2ccc3c(c2)OCCO3)(c2ccccc2C)C1=O. The van der Waals surface area contributed by atoms with Crippen LogP contribution in [0.5, 0.6) is 11.5 Å². The van der Waals surface area contributed by atoms with Gasteiger partial charge in [0.05, 0.1) is 24.6 Å². The Morgan fingerprint density at radius 2 is 1.86 bits per heavy atom. The fraction of sp³-hybridized carbons (Fsp3) is 0.444. The summed E-state index contributed by atoms with van der Waals surface area (Å²) in [7, 11) is 3.25. The lowest BCUT2D eigenvalue weighted by molar-refractivity contribution is -0.143. The molecule has 8 nitrogen and oxygen atoms in total. The van der Waals surface area contributed by atoms with Crippen molar-refractivity contribution >= 4 is 17.7 Å². The summed E-state index contributed by atoms with van der Waals surface area (Å²) in [5.74, 6) is 0.493. The molecule has 2 atom stereocenters. The predicted molar refractivity (Wildman–Crippen MR) is 129 cm³/mol. The molecular formula is C27H32N2O6. The molecule has 0 radical (unpaired) electrons. The number of rotatable bonds is 8. The Balaban J connectivity index is 1.62. The molecule has 0 bridgehead atoms. The summed E-state index contributed by atoms with van der Waals surface area (Å²) in [4.78, 5) is 43.1. The summed E-state index contributed by atoms with van der Waals surface area (Å²) >= 11 is 0. The highest BCUT2D eigenvalue weighted by molar-refractivity contribution is 6.11. The van der Waals surface area contributed by atoms with Gasteiger partial charge in [-0.25, -0.2) is 0 Å². The Bertz CT molecular complexity index is 1130. The highest BCUT2D eigenvalue weighted by atomic mass is 16.6. The van der Waals surface area contributed by atoms with Crippen LogP contribution in [0.3, 0.4) is 0 Å². The number of likely N-dealkylation sites (tertiary alicyclic amines) is 1. The van der Waals surface area contributed by atoms with E-state index >= 15 is 0 Å². The van der Waals surface area contributed by atoms with Crippen molar-refractivity contribution < 1.29 is 28.6 Å². The van der Waals surface area contributed by atoms with Crippen LogP contribution in [0.2, 0.25) is 0 Å². The second-order valence-electron chi connectivity index (χ2n) is 9.18. The average Bonchev–Trinajstić information content (AvgIpc) is 3.10. The molecule has 3 amide bonds. The van der Waals surface area contributed by atoms with E-state index in [0.717, 1.165) is 11.1 Å². The minimum atomic E-state index is -1.24. The Kier molecular flexibility index (Phi) is 7.12. The smallest absolute Gasteiger partial charge is 0.240 e. The first-order chi connectivity index (χ1) is 16.8. The quantitative estimate of drug-likeness (QED) is 0.540. The summed E-state index contributed by atoms with van der Waals surface area (Å²) in [5, 5.41) is 0. The lowest BCUT2D eigenvalue weighted by Gasteiger charge is -2.33. The van der Waals surface area contributed by atoms with Crippen LogP contribution in [0.15, 0.2) is 42.5 Å². The lowest BCUT2D eigenvalue weighted by atomic mass is 9.74. The normalized spacial score (nSPS) is 20.2. The number of ether oxygens (including phenoxy) is 3. The highest BCUT2D eigenvalue weighted by Gasteiger charge is 2.54. The van der Waals surface area contributed by atoms with E-state index in [4.69, 9.17) is 14.2 Å². The van der Waals surface area contributed by atoms with Gasteiger partial charge >= 0.3 is 0 Å². The van der Waals surface area contributed by atoms with E-state index in [9.17, 15) is 14.4 Å². The number of amides is 3. The van der Waals surface area contributed by atoms with Crippen LogP contribution in [0.25, 0.3) is 0 Å². The van der Waals surface area contributed by atoms with Crippen LogP contribution in [0.1, 0.15) is 42.5 Å². The number of methoxy groups -OCH3 is 1. The van der Waals surface area contributed by atoms with E-state index in [2.05, 4.69) is 0 Å². The maximum Gasteiger partial charge on any atom is 0.240 e. The Hall–Kier alpha value is -3.39. The zero-order valence-corrected chi connectivity index (χ0v) is 20.7. The summed E-state index contributed by atoms with van der Waals surface area (Å²) in [6, 6.07) is 12.8. The van der Waals surface area contributed by atoms with Crippen molar-refractivity contribution in [2.45, 2.75) is 38.1 Å². The Labute approximate surface area is 205 Å². The van der Waals surface area contributed by atoms with E-state index in [0.29, 0.717) is 30.3 Å². The molecule has 1 fully saturated rings. The minimum absolute atomic E-state index is 0.0433. The Morgan fingerprint density at radius 3 is 2.57 bits per heavy atom. The maximum absolute atomic E-state index is 13.7. The molecule has 186 valence electrons. The monoisotopic (exact) mass is 480 g/mol.